The molecule has 0 spiro atoms. The van der Waals surface area contributed by atoms with Crippen LogP contribution in [0.25, 0.3) is 10.9 Å². The Morgan fingerprint density at radius 1 is 1.13 bits per heavy atom. The number of nitrogens with zero attached hydrogens (tertiary/aromatic N) is 2. The summed E-state index contributed by atoms with van der Waals surface area (Å²) in [5.74, 6) is 0.612. The lowest BCUT2D eigenvalue weighted by Crippen LogP contribution is -2.49. The predicted octanol–water partition coefficient (Wildman–Crippen LogP) is 3.55. The van der Waals surface area contributed by atoms with Crippen LogP contribution in [0.15, 0.2) is 35.1 Å². The normalized spacial score (nSPS) is 14.6. The van der Waals surface area contributed by atoms with Crippen LogP contribution in [0, 0.1) is 19.8 Å². The molecule has 0 bridgehead atoms. The van der Waals surface area contributed by atoms with E-state index in [1.807, 2.05) is 36.1 Å². The summed E-state index contributed by atoms with van der Waals surface area (Å²) in [5.41, 5.74) is 2.46. The van der Waals surface area contributed by atoms with E-state index in [0.29, 0.717) is 41.6 Å². The summed E-state index contributed by atoms with van der Waals surface area (Å²) in [5, 5.41) is 3.81. The maximum absolute atomic E-state index is 13.4. The Bertz CT molecular complexity index is 1400. The molecule has 1 fully saturated rings. The Morgan fingerprint density at radius 2 is 1.82 bits per heavy atom. The number of aromatic nitrogens is 2. The van der Waals surface area contributed by atoms with Gasteiger partial charge >= 0.3 is 0 Å². The minimum Gasteiger partial charge on any atom is -0.496 e. The monoisotopic (exact) mass is 522 g/mol. The molecule has 2 aromatic heterocycles. The first-order valence-corrected chi connectivity index (χ1v) is 13.0. The third kappa shape index (κ3) is 5.34. The van der Waals surface area contributed by atoms with E-state index in [2.05, 4.69) is 14.9 Å². The topological polar surface area (TPSA) is 106 Å². The number of carbonyl (C=O) groups is 2. The van der Waals surface area contributed by atoms with Crippen LogP contribution in [0.1, 0.15) is 54.0 Å². The second kappa shape index (κ2) is 11.0. The lowest BCUT2D eigenvalue weighted by atomic mass is 9.95. The average molecular weight is 523 g/mol. The minimum absolute atomic E-state index is 0.0176. The van der Waals surface area contributed by atoms with Gasteiger partial charge in [-0.25, -0.2) is 0 Å². The number of aryl methyl sites for hydroxylation is 1. The third-order valence-corrected chi connectivity index (χ3v) is 7.70. The van der Waals surface area contributed by atoms with E-state index < -0.39 is 5.60 Å². The zero-order valence-corrected chi connectivity index (χ0v) is 23.1. The highest BCUT2D eigenvalue weighted by atomic mass is 16.5. The molecule has 0 unspecified atom stereocenters. The smallest absolute Gasteiger partial charge is 0.256 e. The summed E-state index contributed by atoms with van der Waals surface area (Å²) >= 11 is 0. The molecule has 3 aromatic rings. The number of pyridine rings is 1. The first-order valence-electron chi connectivity index (χ1n) is 13.0. The number of aromatic amines is 1. The second-order valence-electron chi connectivity index (χ2n) is 10.5. The van der Waals surface area contributed by atoms with Crippen LogP contribution in [0.3, 0.4) is 0 Å². The SMILES string of the molecule is COc1cc(C)[nH]c(=O)c1CNC(=O)c1c(C)n(CC2CCN(C(=O)C(C)(C)OC)CC2)c2ccccc12. The Morgan fingerprint density at radius 3 is 2.47 bits per heavy atom. The maximum Gasteiger partial charge on any atom is 0.256 e. The number of nitrogens with one attached hydrogen (secondary N) is 2. The predicted molar refractivity (Wildman–Crippen MR) is 147 cm³/mol. The molecular weight excluding hydrogens is 484 g/mol. The van der Waals surface area contributed by atoms with Crippen molar-refractivity contribution in [2.75, 3.05) is 27.3 Å². The molecule has 9 nitrogen and oxygen atoms in total. The van der Waals surface area contributed by atoms with Gasteiger partial charge in [0.2, 0.25) is 0 Å². The fraction of sp³-hybridized carbons (Fsp3) is 0.483. The lowest BCUT2D eigenvalue weighted by Gasteiger charge is -2.36. The number of amides is 2. The van der Waals surface area contributed by atoms with Gasteiger partial charge in [-0.15, -0.1) is 0 Å². The number of benzene rings is 1. The van der Waals surface area contributed by atoms with Crippen LogP contribution < -0.4 is 15.6 Å². The van der Waals surface area contributed by atoms with Gasteiger partial charge in [0.15, 0.2) is 0 Å². The highest BCUT2D eigenvalue weighted by Crippen LogP contribution is 2.30. The molecule has 9 heteroatoms. The number of H-pyrrole nitrogens is 1. The number of ether oxygens (including phenoxy) is 2. The number of carbonyl (C=O) groups excluding carboxylic acids is 2. The van der Waals surface area contributed by atoms with Crippen molar-refractivity contribution >= 4 is 22.7 Å². The molecule has 0 atom stereocenters. The molecule has 4 rings (SSSR count). The number of hydrogen-bond donors (Lipinski definition) is 2. The van der Waals surface area contributed by atoms with Crippen molar-refractivity contribution in [3.63, 3.8) is 0 Å². The van der Waals surface area contributed by atoms with E-state index in [9.17, 15) is 14.4 Å². The first-order chi connectivity index (χ1) is 18.1. The molecule has 2 amide bonds. The standard InChI is InChI=1S/C29H38N4O5/c1-18-15-24(37-5)22(26(34)31-18)16-30-27(35)25-19(2)33(23-10-8-7-9-21(23)25)17-20-11-13-32(14-12-20)28(36)29(3,4)38-6/h7-10,15,20H,11-14,16-17H2,1-6H3,(H,30,35)(H,31,34). The number of likely N-dealkylation sites (tertiary alicyclic amines) is 1. The second-order valence-corrected chi connectivity index (χ2v) is 10.5. The van der Waals surface area contributed by atoms with Gasteiger partial charge in [-0.1, -0.05) is 18.2 Å². The Labute approximate surface area is 223 Å². The van der Waals surface area contributed by atoms with Crippen LogP contribution >= 0.6 is 0 Å². The zero-order valence-electron chi connectivity index (χ0n) is 23.1. The molecule has 2 N–H and O–H groups in total. The zero-order chi connectivity index (χ0) is 27.6. The number of fused-ring (bicyclic) bond motifs is 1. The molecule has 38 heavy (non-hydrogen) atoms. The largest absolute Gasteiger partial charge is 0.496 e. The van der Waals surface area contributed by atoms with Gasteiger partial charge in [-0.3, -0.25) is 14.4 Å². The minimum atomic E-state index is -0.824. The molecular formula is C29H38N4O5. The van der Waals surface area contributed by atoms with E-state index in [1.54, 1.807) is 33.9 Å². The molecule has 204 valence electrons. The summed E-state index contributed by atoms with van der Waals surface area (Å²) < 4.78 is 13.0. The van der Waals surface area contributed by atoms with Crippen molar-refractivity contribution in [1.29, 1.82) is 0 Å². The molecule has 0 aliphatic carbocycles. The summed E-state index contributed by atoms with van der Waals surface area (Å²) in [4.78, 5) is 43.4. The van der Waals surface area contributed by atoms with Crippen LogP contribution in [-0.2, 0) is 22.6 Å². The van der Waals surface area contributed by atoms with Crippen molar-refractivity contribution in [1.82, 2.24) is 19.8 Å². The van der Waals surface area contributed by atoms with Gasteiger partial charge < -0.3 is 29.2 Å². The van der Waals surface area contributed by atoms with Crippen LogP contribution in [0.2, 0.25) is 0 Å². The first kappa shape index (κ1) is 27.4. The van der Waals surface area contributed by atoms with Crippen LogP contribution in [-0.4, -0.2) is 59.2 Å². The Balaban J connectivity index is 1.52. The summed E-state index contributed by atoms with van der Waals surface area (Å²) in [6.45, 7) is 9.55. The summed E-state index contributed by atoms with van der Waals surface area (Å²) in [7, 11) is 3.07. The fourth-order valence-electron chi connectivity index (χ4n) is 5.29. The van der Waals surface area contributed by atoms with Crippen molar-refractivity contribution < 1.29 is 19.1 Å². The molecule has 3 heterocycles. The summed E-state index contributed by atoms with van der Waals surface area (Å²) in [6, 6.07) is 9.64. The fourth-order valence-corrected chi connectivity index (χ4v) is 5.29. The maximum atomic E-state index is 13.4. The van der Waals surface area contributed by atoms with Gasteiger partial charge in [0, 0.05) is 49.0 Å². The number of piperidine rings is 1. The van der Waals surface area contributed by atoms with Crippen molar-refractivity contribution in [2.45, 2.75) is 59.2 Å². The number of hydrogen-bond acceptors (Lipinski definition) is 5. The summed E-state index contributed by atoms with van der Waals surface area (Å²) in [6.07, 6.45) is 1.77. The van der Waals surface area contributed by atoms with Crippen molar-refractivity contribution in [3.05, 3.63) is 63.2 Å². The lowest BCUT2D eigenvalue weighted by molar-refractivity contribution is -0.152. The van der Waals surface area contributed by atoms with E-state index in [4.69, 9.17) is 9.47 Å². The molecule has 0 saturated carbocycles. The quantitative estimate of drug-likeness (QED) is 0.471. The van der Waals surface area contributed by atoms with Crippen molar-refractivity contribution in [2.24, 2.45) is 5.92 Å². The highest BCUT2D eigenvalue weighted by Gasteiger charge is 2.34. The third-order valence-electron chi connectivity index (χ3n) is 7.70. The van der Waals surface area contributed by atoms with Crippen molar-refractivity contribution in [3.8, 4) is 5.75 Å². The van der Waals surface area contributed by atoms with E-state index in [0.717, 1.165) is 36.0 Å². The molecule has 1 aliphatic heterocycles. The van der Waals surface area contributed by atoms with Gasteiger partial charge in [-0.2, -0.15) is 0 Å². The molecule has 1 aliphatic rings. The highest BCUT2D eigenvalue weighted by molar-refractivity contribution is 6.08. The van der Waals surface area contributed by atoms with Gasteiger partial charge in [0.05, 0.1) is 24.8 Å². The van der Waals surface area contributed by atoms with E-state index >= 15 is 0 Å². The molecule has 1 aromatic carbocycles. The molecule has 0 radical (unpaired) electrons. The van der Waals surface area contributed by atoms with E-state index in [-0.39, 0.29) is 23.9 Å². The van der Waals surface area contributed by atoms with Gasteiger partial charge in [0.25, 0.3) is 17.4 Å². The average Bonchev–Trinajstić information content (AvgIpc) is 3.18. The van der Waals surface area contributed by atoms with E-state index in [1.165, 1.54) is 7.11 Å². The number of para-hydroxylation sites is 1. The number of rotatable bonds is 8. The van der Waals surface area contributed by atoms with Crippen LogP contribution in [0.5, 0.6) is 5.75 Å². The van der Waals surface area contributed by atoms with Gasteiger partial charge in [-0.05, 0) is 58.6 Å². The number of methoxy groups -OCH3 is 2. The Hall–Kier alpha value is -3.59. The molecule has 1 saturated heterocycles. The van der Waals surface area contributed by atoms with Gasteiger partial charge in [0.1, 0.15) is 11.4 Å². The Kier molecular flexibility index (Phi) is 7.97. The van der Waals surface area contributed by atoms with Crippen LogP contribution in [0.4, 0.5) is 0 Å².